The lowest BCUT2D eigenvalue weighted by Crippen LogP contribution is -2.37. The van der Waals surface area contributed by atoms with Crippen LogP contribution >= 0.6 is 0 Å². The molecule has 1 aromatic carbocycles. The van der Waals surface area contributed by atoms with Gasteiger partial charge in [-0.2, -0.15) is 0 Å². The fourth-order valence-corrected chi connectivity index (χ4v) is 2.22. The minimum absolute atomic E-state index is 0.0644. The number of carbonyl (C=O) groups is 1. The molecule has 22 heavy (non-hydrogen) atoms. The first kappa shape index (κ1) is 18.4. The Kier molecular flexibility index (Phi) is 7.80. The van der Waals surface area contributed by atoms with Crippen LogP contribution in [0.2, 0.25) is 0 Å². The molecular weight excluding hydrogens is 288 g/mol. The maximum absolute atomic E-state index is 13.4. The summed E-state index contributed by atoms with van der Waals surface area (Å²) in [7, 11) is 0. The van der Waals surface area contributed by atoms with Gasteiger partial charge < -0.3 is 15.5 Å². The Morgan fingerprint density at radius 1 is 1.23 bits per heavy atom. The van der Waals surface area contributed by atoms with Gasteiger partial charge in [-0.3, -0.25) is 0 Å². The molecule has 2 amide bonds. The fourth-order valence-electron chi connectivity index (χ4n) is 2.22. The van der Waals surface area contributed by atoms with Gasteiger partial charge in [-0.05, 0) is 51.5 Å². The van der Waals surface area contributed by atoms with Crippen molar-refractivity contribution < 1.29 is 13.6 Å². The van der Waals surface area contributed by atoms with E-state index in [0.717, 1.165) is 44.6 Å². The number of nitrogens with one attached hydrogen (secondary N) is 2. The number of carbonyl (C=O) groups excluding carboxylic acids is 1. The molecule has 1 unspecified atom stereocenters. The van der Waals surface area contributed by atoms with E-state index in [4.69, 9.17) is 0 Å². The molecule has 0 saturated heterocycles. The van der Waals surface area contributed by atoms with Crippen LogP contribution in [0.5, 0.6) is 0 Å². The Morgan fingerprint density at radius 2 is 1.82 bits per heavy atom. The molecule has 0 radical (unpaired) electrons. The van der Waals surface area contributed by atoms with Crippen LogP contribution in [-0.2, 0) is 0 Å². The zero-order valence-corrected chi connectivity index (χ0v) is 13.5. The highest BCUT2D eigenvalue weighted by molar-refractivity contribution is 5.89. The summed E-state index contributed by atoms with van der Waals surface area (Å²) in [4.78, 5) is 14.1. The highest BCUT2D eigenvalue weighted by Gasteiger charge is 2.13. The molecular formula is C16H25F2N3O. The molecule has 0 aliphatic rings. The van der Waals surface area contributed by atoms with Crippen LogP contribution in [-0.4, -0.2) is 36.6 Å². The largest absolute Gasteiger partial charge is 0.335 e. The lowest BCUT2D eigenvalue weighted by Gasteiger charge is -2.20. The molecule has 2 N–H and O–H groups in total. The Balaban J connectivity index is 2.38. The van der Waals surface area contributed by atoms with Crippen LogP contribution in [0.4, 0.5) is 19.3 Å². The summed E-state index contributed by atoms with van der Waals surface area (Å²) in [5.41, 5.74) is -0.421. The van der Waals surface area contributed by atoms with E-state index in [1.165, 1.54) is 6.07 Å². The van der Waals surface area contributed by atoms with Crippen molar-refractivity contribution in [3.05, 3.63) is 29.8 Å². The molecule has 6 heteroatoms. The number of anilines is 1. The molecule has 0 aliphatic carbocycles. The lowest BCUT2D eigenvalue weighted by molar-refractivity contribution is 0.246. The number of amides is 2. The lowest BCUT2D eigenvalue weighted by atomic mass is 10.2. The minimum Gasteiger partial charge on any atom is -0.335 e. The van der Waals surface area contributed by atoms with Gasteiger partial charge in [0, 0.05) is 6.04 Å². The molecule has 1 aromatic rings. The van der Waals surface area contributed by atoms with Gasteiger partial charge in [0.1, 0.15) is 17.3 Å². The third-order valence-corrected chi connectivity index (χ3v) is 3.58. The Labute approximate surface area is 130 Å². The van der Waals surface area contributed by atoms with Crippen LogP contribution in [0.15, 0.2) is 18.2 Å². The highest BCUT2D eigenvalue weighted by Crippen LogP contribution is 2.17. The smallest absolute Gasteiger partial charge is 0.319 e. The van der Waals surface area contributed by atoms with Crippen LogP contribution in [0, 0.1) is 11.6 Å². The summed E-state index contributed by atoms with van der Waals surface area (Å²) < 4.78 is 26.9. The quantitative estimate of drug-likeness (QED) is 0.770. The third kappa shape index (κ3) is 5.97. The zero-order valence-electron chi connectivity index (χ0n) is 13.5. The van der Waals surface area contributed by atoms with Gasteiger partial charge in [0.25, 0.3) is 0 Å². The first-order valence-electron chi connectivity index (χ1n) is 7.71. The number of hydrogen-bond acceptors (Lipinski definition) is 2. The maximum atomic E-state index is 13.4. The van der Waals surface area contributed by atoms with Crippen molar-refractivity contribution in [2.45, 2.75) is 39.7 Å². The fraction of sp³-hybridized carbons (Fsp3) is 0.562. The first-order valence-corrected chi connectivity index (χ1v) is 7.71. The summed E-state index contributed by atoms with van der Waals surface area (Å²) >= 11 is 0. The summed E-state index contributed by atoms with van der Waals surface area (Å²) in [6.07, 6.45) is 1.76. The van der Waals surface area contributed by atoms with Crippen LogP contribution in [0.3, 0.4) is 0 Å². The van der Waals surface area contributed by atoms with Crippen molar-refractivity contribution in [3.63, 3.8) is 0 Å². The summed E-state index contributed by atoms with van der Waals surface area (Å²) in [6, 6.07) is 2.80. The van der Waals surface area contributed by atoms with Crippen LogP contribution < -0.4 is 10.6 Å². The summed E-state index contributed by atoms with van der Waals surface area (Å²) in [5, 5.41) is 4.91. The highest BCUT2D eigenvalue weighted by atomic mass is 19.1. The Hall–Kier alpha value is -1.69. The second-order valence-corrected chi connectivity index (χ2v) is 5.27. The molecule has 0 saturated carbocycles. The van der Waals surface area contributed by atoms with Crippen molar-refractivity contribution in [1.29, 1.82) is 0 Å². The predicted octanol–water partition coefficient (Wildman–Crippen LogP) is 3.60. The first-order chi connectivity index (χ1) is 10.5. The van der Waals surface area contributed by atoms with Gasteiger partial charge in [0.05, 0.1) is 0 Å². The zero-order chi connectivity index (χ0) is 16.5. The van der Waals surface area contributed by atoms with E-state index in [9.17, 15) is 13.6 Å². The van der Waals surface area contributed by atoms with Crippen molar-refractivity contribution in [3.8, 4) is 0 Å². The molecule has 0 spiro atoms. The average molecular weight is 313 g/mol. The molecule has 0 bridgehead atoms. The molecule has 0 aromatic heterocycles. The molecule has 1 rings (SSSR count). The molecule has 4 nitrogen and oxygen atoms in total. The molecule has 0 heterocycles. The monoisotopic (exact) mass is 313 g/mol. The van der Waals surface area contributed by atoms with E-state index in [-0.39, 0.29) is 6.04 Å². The van der Waals surface area contributed by atoms with Gasteiger partial charge in [0.15, 0.2) is 0 Å². The molecule has 0 fully saturated rings. The number of halogens is 2. The Bertz CT molecular complexity index is 458. The number of rotatable bonds is 8. The minimum atomic E-state index is -0.788. The topological polar surface area (TPSA) is 44.4 Å². The number of hydrogen-bond donors (Lipinski definition) is 2. The van der Waals surface area contributed by atoms with E-state index in [2.05, 4.69) is 29.4 Å². The average Bonchev–Trinajstić information content (AvgIpc) is 2.47. The van der Waals surface area contributed by atoms with E-state index in [0.29, 0.717) is 0 Å². The van der Waals surface area contributed by atoms with Crippen molar-refractivity contribution in [1.82, 2.24) is 10.2 Å². The number of benzene rings is 1. The standard InChI is InChI=1S/C16H25F2N3O/c1-4-21(5-2)11-7-8-12(3)19-16(22)20-15-13(17)9-6-10-14(15)18/h6,9-10,12H,4-5,7-8,11H2,1-3H3,(H2,19,20,22). The van der Waals surface area contributed by atoms with Crippen LogP contribution in [0.25, 0.3) is 0 Å². The second kappa shape index (κ2) is 9.35. The van der Waals surface area contributed by atoms with E-state index >= 15 is 0 Å². The van der Waals surface area contributed by atoms with Gasteiger partial charge >= 0.3 is 6.03 Å². The van der Waals surface area contributed by atoms with Crippen molar-refractivity contribution in [2.24, 2.45) is 0 Å². The van der Waals surface area contributed by atoms with E-state index in [1.54, 1.807) is 0 Å². The second-order valence-electron chi connectivity index (χ2n) is 5.27. The SMILES string of the molecule is CCN(CC)CCCC(C)NC(=O)Nc1c(F)cccc1F. The van der Waals surface area contributed by atoms with Crippen molar-refractivity contribution >= 4 is 11.7 Å². The van der Waals surface area contributed by atoms with Gasteiger partial charge in [0.2, 0.25) is 0 Å². The van der Waals surface area contributed by atoms with Gasteiger partial charge in [-0.15, -0.1) is 0 Å². The van der Waals surface area contributed by atoms with E-state index in [1.807, 2.05) is 6.92 Å². The molecule has 124 valence electrons. The molecule has 1 atom stereocenters. The number of urea groups is 1. The maximum Gasteiger partial charge on any atom is 0.319 e. The van der Waals surface area contributed by atoms with Gasteiger partial charge in [-0.25, -0.2) is 13.6 Å². The predicted molar refractivity (Wildman–Crippen MR) is 85.0 cm³/mol. The number of para-hydroxylation sites is 1. The normalized spacial score (nSPS) is 12.3. The summed E-state index contributed by atoms with van der Waals surface area (Å²) in [6.45, 7) is 9.09. The van der Waals surface area contributed by atoms with E-state index < -0.39 is 23.4 Å². The summed E-state index contributed by atoms with van der Waals surface area (Å²) in [5.74, 6) is -1.58. The Morgan fingerprint density at radius 3 is 2.36 bits per heavy atom. The van der Waals surface area contributed by atoms with Gasteiger partial charge in [-0.1, -0.05) is 19.9 Å². The number of nitrogens with zero attached hydrogens (tertiary/aromatic N) is 1. The van der Waals surface area contributed by atoms with Crippen LogP contribution in [0.1, 0.15) is 33.6 Å². The van der Waals surface area contributed by atoms with Crippen molar-refractivity contribution in [2.75, 3.05) is 25.0 Å². The molecule has 0 aliphatic heterocycles. The third-order valence-electron chi connectivity index (χ3n) is 3.58.